The highest BCUT2D eigenvalue weighted by Crippen LogP contribution is 2.35. The number of ether oxygens (including phenoxy) is 4. The van der Waals surface area contributed by atoms with Gasteiger partial charge in [0.05, 0.1) is 10.2 Å². The lowest BCUT2D eigenvalue weighted by Crippen LogP contribution is -2.36. The summed E-state index contributed by atoms with van der Waals surface area (Å²) in [6.45, 7) is 3.91. The van der Waals surface area contributed by atoms with Gasteiger partial charge in [0.15, 0.2) is 27.8 Å². The number of amides is 1. The monoisotopic (exact) mass is 398 g/mol. The molecule has 3 heterocycles. The molecule has 3 aromatic rings. The Morgan fingerprint density at radius 2 is 1.86 bits per heavy atom. The van der Waals surface area contributed by atoms with E-state index in [0.29, 0.717) is 36.1 Å². The van der Waals surface area contributed by atoms with Gasteiger partial charge in [0.2, 0.25) is 6.10 Å². The molecule has 8 heteroatoms. The molecule has 0 aliphatic carbocycles. The van der Waals surface area contributed by atoms with Crippen molar-refractivity contribution in [3.8, 4) is 23.0 Å². The summed E-state index contributed by atoms with van der Waals surface area (Å²) >= 11 is 1.44. The number of aryl methyl sites for hydroxylation is 1. The van der Waals surface area contributed by atoms with Crippen LogP contribution in [-0.2, 0) is 11.3 Å². The first-order valence-corrected chi connectivity index (χ1v) is 9.94. The summed E-state index contributed by atoms with van der Waals surface area (Å²) in [5.41, 5.74) is 0.967. The molecule has 28 heavy (non-hydrogen) atoms. The largest absolute Gasteiger partial charge is 0.486 e. The van der Waals surface area contributed by atoms with E-state index in [9.17, 15) is 4.79 Å². The zero-order valence-electron chi connectivity index (χ0n) is 15.2. The molecule has 0 bridgehead atoms. The first kappa shape index (κ1) is 17.1. The normalized spacial score (nSPS) is 18.3. The van der Waals surface area contributed by atoms with Crippen LogP contribution in [0.2, 0.25) is 0 Å². The second-order valence-electron chi connectivity index (χ2n) is 6.41. The Labute approximate surface area is 164 Å². The van der Waals surface area contributed by atoms with Crippen molar-refractivity contribution in [1.82, 2.24) is 4.57 Å². The summed E-state index contributed by atoms with van der Waals surface area (Å²) in [5, 5.41) is 0. The minimum absolute atomic E-state index is 0.145. The SMILES string of the molecule is CCn1c(=NC(=O)[C@H]2COc3ccccc3O2)sc2cc3c(cc21)OCCO3. The lowest BCUT2D eigenvalue weighted by Gasteiger charge is -2.23. The number of fused-ring (bicyclic) bond motifs is 3. The molecular weight excluding hydrogens is 380 g/mol. The maximum atomic E-state index is 12.8. The summed E-state index contributed by atoms with van der Waals surface area (Å²) < 4.78 is 25.7. The van der Waals surface area contributed by atoms with Gasteiger partial charge in [0, 0.05) is 18.7 Å². The van der Waals surface area contributed by atoms with Crippen molar-refractivity contribution < 1.29 is 23.7 Å². The third kappa shape index (κ3) is 2.90. The smallest absolute Gasteiger partial charge is 0.292 e. The van der Waals surface area contributed by atoms with Gasteiger partial charge in [-0.15, -0.1) is 0 Å². The topological polar surface area (TPSA) is 71.3 Å². The van der Waals surface area contributed by atoms with Crippen LogP contribution < -0.4 is 23.7 Å². The number of benzene rings is 2. The zero-order chi connectivity index (χ0) is 19.1. The first-order chi connectivity index (χ1) is 13.7. The van der Waals surface area contributed by atoms with Crippen molar-refractivity contribution in [2.24, 2.45) is 4.99 Å². The van der Waals surface area contributed by atoms with Crippen LogP contribution in [0, 0.1) is 0 Å². The van der Waals surface area contributed by atoms with E-state index >= 15 is 0 Å². The van der Waals surface area contributed by atoms with Crippen LogP contribution in [0.1, 0.15) is 6.92 Å². The summed E-state index contributed by atoms with van der Waals surface area (Å²) in [6.07, 6.45) is -0.759. The van der Waals surface area contributed by atoms with Crippen LogP contribution in [0.3, 0.4) is 0 Å². The Bertz CT molecular complexity index is 1130. The summed E-state index contributed by atoms with van der Waals surface area (Å²) in [6, 6.07) is 11.2. The fraction of sp³-hybridized carbons (Fsp3) is 0.300. The fourth-order valence-corrected chi connectivity index (χ4v) is 4.41. The van der Waals surface area contributed by atoms with Crippen molar-refractivity contribution in [3.05, 3.63) is 41.2 Å². The van der Waals surface area contributed by atoms with E-state index in [4.69, 9.17) is 18.9 Å². The van der Waals surface area contributed by atoms with E-state index in [0.717, 1.165) is 21.7 Å². The van der Waals surface area contributed by atoms with Crippen molar-refractivity contribution in [2.75, 3.05) is 19.8 Å². The quantitative estimate of drug-likeness (QED) is 0.664. The number of hydrogen-bond acceptors (Lipinski definition) is 6. The number of aromatic nitrogens is 1. The van der Waals surface area contributed by atoms with Gasteiger partial charge < -0.3 is 23.5 Å². The van der Waals surface area contributed by atoms with Gasteiger partial charge in [-0.25, -0.2) is 0 Å². The van der Waals surface area contributed by atoms with Gasteiger partial charge in [-0.3, -0.25) is 4.79 Å². The number of rotatable bonds is 2. The van der Waals surface area contributed by atoms with Crippen molar-refractivity contribution in [2.45, 2.75) is 19.6 Å². The van der Waals surface area contributed by atoms with E-state index in [1.807, 2.05) is 41.8 Å². The Morgan fingerprint density at radius 3 is 2.64 bits per heavy atom. The van der Waals surface area contributed by atoms with E-state index in [1.165, 1.54) is 11.3 Å². The van der Waals surface area contributed by atoms with Gasteiger partial charge in [0.1, 0.15) is 19.8 Å². The average molecular weight is 398 g/mol. The maximum absolute atomic E-state index is 12.8. The molecule has 0 radical (unpaired) electrons. The molecule has 0 unspecified atom stereocenters. The predicted molar refractivity (Wildman–Crippen MR) is 103 cm³/mol. The van der Waals surface area contributed by atoms with E-state index < -0.39 is 6.10 Å². The predicted octanol–water partition coefficient (Wildman–Crippen LogP) is 2.76. The third-order valence-electron chi connectivity index (χ3n) is 4.65. The summed E-state index contributed by atoms with van der Waals surface area (Å²) in [7, 11) is 0. The van der Waals surface area contributed by atoms with Crippen molar-refractivity contribution in [1.29, 1.82) is 0 Å². The molecule has 0 saturated carbocycles. The van der Waals surface area contributed by atoms with E-state index in [-0.39, 0.29) is 12.5 Å². The Balaban J connectivity index is 1.51. The number of para-hydroxylation sites is 2. The van der Waals surface area contributed by atoms with Gasteiger partial charge in [-0.1, -0.05) is 23.5 Å². The number of thiazole rings is 1. The second-order valence-corrected chi connectivity index (χ2v) is 7.42. The minimum Gasteiger partial charge on any atom is -0.486 e. The fourth-order valence-electron chi connectivity index (χ4n) is 3.30. The lowest BCUT2D eigenvalue weighted by atomic mass is 10.2. The van der Waals surface area contributed by atoms with Gasteiger partial charge >= 0.3 is 0 Å². The molecule has 144 valence electrons. The molecule has 0 saturated heterocycles. The molecule has 1 aromatic heterocycles. The number of carbonyl (C=O) groups is 1. The van der Waals surface area contributed by atoms with E-state index in [2.05, 4.69) is 4.99 Å². The average Bonchev–Trinajstić information content (AvgIpc) is 3.07. The Kier molecular flexibility index (Phi) is 4.20. The highest BCUT2D eigenvalue weighted by molar-refractivity contribution is 7.16. The van der Waals surface area contributed by atoms with Gasteiger partial charge in [-0.05, 0) is 19.1 Å². The third-order valence-corrected chi connectivity index (χ3v) is 5.69. The highest BCUT2D eigenvalue weighted by atomic mass is 32.1. The van der Waals surface area contributed by atoms with Crippen LogP contribution in [0.25, 0.3) is 10.2 Å². The van der Waals surface area contributed by atoms with Crippen molar-refractivity contribution in [3.63, 3.8) is 0 Å². The van der Waals surface area contributed by atoms with Crippen LogP contribution in [0.5, 0.6) is 23.0 Å². The summed E-state index contributed by atoms with van der Waals surface area (Å²) in [4.78, 5) is 17.7. The van der Waals surface area contributed by atoms with Crippen LogP contribution in [-0.4, -0.2) is 36.4 Å². The highest BCUT2D eigenvalue weighted by Gasteiger charge is 2.27. The second kappa shape index (κ2) is 6.87. The Hall–Kier alpha value is -3.00. The van der Waals surface area contributed by atoms with Gasteiger partial charge in [-0.2, -0.15) is 4.99 Å². The molecule has 0 spiro atoms. The van der Waals surface area contributed by atoms with Crippen LogP contribution in [0.4, 0.5) is 0 Å². The number of nitrogens with zero attached hydrogens (tertiary/aromatic N) is 2. The molecule has 0 N–H and O–H groups in total. The number of carbonyl (C=O) groups excluding carboxylic acids is 1. The van der Waals surface area contributed by atoms with Crippen LogP contribution in [0.15, 0.2) is 41.4 Å². The zero-order valence-corrected chi connectivity index (χ0v) is 16.0. The number of hydrogen-bond donors (Lipinski definition) is 0. The molecule has 0 fully saturated rings. The van der Waals surface area contributed by atoms with Gasteiger partial charge in [0.25, 0.3) is 5.91 Å². The molecule has 2 aromatic carbocycles. The van der Waals surface area contributed by atoms with Crippen LogP contribution >= 0.6 is 11.3 Å². The lowest BCUT2D eigenvalue weighted by molar-refractivity contribution is -0.127. The standard InChI is InChI=1S/C20H18N2O5S/c1-2-22-12-9-15-16(25-8-7-24-15)10-18(12)28-20(22)21-19(23)17-11-26-13-5-3-4-6-14(13)27-17/h3-6,9-10,17H,2,7-8,11H2,1H3/t17-/m1/s1. The molecule has 1 amide bonds. The maximum Gasteiger partial charge on any atom is 0.292 e. The molecule has 2 aliphatic heterocycles. The Morgan fingerprint density at radius 1 is 1.11 bits per heavy atom. The molecule has 7 nitrogen and oxygen atoms in total. The molecule has 1 atom stereocenters. The molecular formula is C20H18N2O5S. The molecule has 5 rings (SSSR count). The summed E-state index contributed by atoms with van der Waals surface area (Å²) in [5.74, 6) is 2.28. The molecule has 2 aliphatic rings. The minimum atomic E-state index is -0.759. The first-order valence-electron chi connectivity index (χ1n) is 9.13. The van der Waals surface area contributed by atoms with E-state index in [1.54, 1.807) is 6.07 Å². The van der Waals surface area contributed by atoms with Crippen molar-refractivity contribution >= 4 is 27.5 Å².